The van der Waals surface area contributed by atoms with Crippen molar-refractivity contribution < 1.29 is 47.3 Å². The molecule has 0 unspecified atom stereocenters. The van der Waals surface area contributed by atoms with Gasteiger partial charge in [0, 0.05) is 0 Å². The molecular formula is C3F3N2NaOS. The second kappa shape index (κ2) is 3.70. The zero-order chi connectivity index (χ0) is 7.78. The summed E-state index contributed by atoms with van der Waals surface area (Å²) in [7, 11) is 0. The van der Waals surface area contributed by atoms with Gasteiger partial charge in [0.05, 0.1) is 0 Å². The van der Waals surface area contributed by atoms with E-state index in [4.69, 9.17) is 0 Å². The van der Waals surface area contributed by atoms with Crippen LogP contribution in [0, 0.1) is 0 Å². The summed E-state index contributed by atoms with van der Waals surface area (Å²) in [5.74, 6) is -1.34. The Bertz CT molecular complexity index is 237. The van der Waals surface area contributed by atoms with Crippen molar-refractivity contribution in [2.75, 3.05) is 0 Å². The second-order valence-corrected chi connectivity index (χ2v) is 1.73. The van der Waals surface area contributed by atoms with Crippen LogP contribution in [0.25, 0.3) is 0 Å². The van der Waals surface area contributed by atoms with Crippen molar-refractivity contribution in [1.82, 2.24) is 10.1 Å². The Morgan fingerprint density at radius 2 is 1.91 bits per heavy atom. The molecule has 0 N–H and O–H groups in total. The van der Waals surface area contributed by atoms with Gasteiger partial charge >= 0.3 is 35.7 Å². The first-order valence-corrected chi connectivity index (χ1v) is 2.49. The van der Waals surface area contributed by atoms with Crippen molar-refractivity contribution in [3.63, 3.8) is 0 Å². The van der Waals surface area contributed by atoms with E-state index >= 15 is 0 Å². The van der Waals surface area contributed by atoms with Gasteiger partial charge in [-0.15, -0.1) is 0 Å². The van der Waals surface area contributed by atoms with E-state index in [1.807, 2.05) is 0 Å². The van der Waals surface area contributed by atoms with Gasteiger partial charge in [-0.2, -0.15) is 13.2 Å². The maximum atomic E-state index is 11.6. The first kappa shape index (κ1) is 11.2. The fraction of sp³-hybridized carbons (Fsp3) is 0.333. The first-order valence-electron chi connectivity index (χ1n) is 2.08. The van der Waals surface area contributed by atoms with Crippen molar-refractivity contribution in [3.8, 4) is 0 Å². The standard InChI is InChI=1S/C3HF3N2OS.Na/c4-3(5,6)1-7-2(10)9-8-1;/h(H,7,8,10);/q;+1/p-1. The maximum Gasteiger partial charge on any atom is 1.00 e. The zero-order valence-corrected chi connectivity index (χ0v) is 8.16. The smallest absolute Gasteiger partial charge is 0.719 e. The molecule has 0 radical (unpaired) electrons. The van der Waals surface area contributed by atoms with Crippen molar-refractivity contribution in [1.29, 1.82) is 0 Å². The molecule has 3 nitrogen and oxygen atoms in total. The van der Waals surface area contributed by atoms with E-state index in [1.165, 1.54) is 0 Å². The number of hydrogen-bond donors (Lipinski definition) is 0. The van der Waals surface area contributed by atoms with Crippen LogP contribution in [0.2, 0.25) is 0 Å². The van der Waals surface area contributed by atoms with E-state index in [-0.39, 0.29) is 29.6 Å². The normalized spacial score (nSPS) is 10.8. The van der Waals surface area contributed by atoms with Gasteiger partial charge < -0.3 is 17.2 Å². The molecule has 1 aromatic heterocycles. The van der Waals surface area contributed by atoms with Gasteiger partial charge in [-0.1, -0.05) is 5.16 Å². The van der Waals surface area contributed by atoms with Gasteiger partial charge in [0.1, 0.15) is 5.22 Å². The predicted octanol–water partition coefficient (Wildman–Crippen LogP) is -2.00. The van der Waals surface area contributed by atoms with Crippen molar-refractivity contribution in [2.45, 2.75) is 11.4 Å². The van der Waals surface area contributed by atoms with Crippen molar-refractivity contribution >= 4 is 12.6 Å². The molecule has 0 aliphatic rings. The molecule has 56 valence electrons. The Morgan fingerprint density at radius 3 is 2.09 bits per heavy atom. The van der Waals surface area contributed by atoms with E-state index in [9.17, 15) is 13.2 Å². The minimum Gasteiger partial charge on any atom is -0.719 e. The molecule has 0 spiro atoms. The average Bonchev–Trinajstić information content (AvgIpc) is 2.11. The number of aromatic nitrogens is 2. The summed E-state index contributed by atoms with van der Waals surface area (Å²) >= 11 is 4.16. The average molecular weight is 192 g/mol. The van der Waals surface area contributed by atoms with E-state index in [0.717, 1.165) is 0 Å². The molecule has 0 fully saturated rings. The van der Waals surface area contributed by atoms with Crippen LogP contribution in [0.15, 0.2) is 9.75 Å². The number of nitrogens with zero attached hydrogens (tertiary/aromatic N) is 2. The number of hydrogen-bond acceptors (Lipinski definition) is 4. The summed E-state index contributed by atoms with van der Waals surface area (Å²) in [5, 5.41) is 2.06. The molecule has 1 heterocycles. The molecule has 11 heavy (non-hydrogen) atoms. The fourth-order valence-electron chi connectivity index (χ4n) is 0.325. The Hall–Kier alpha value is 0.150. The van der Waals surface area contributed by atoms with Crippen LogP contribution in [0.5, 0.6) is 0 Å². The molecule has 0 aromatic carbocycles. The third-order valence-corrected chi connectivity index (χ3v) is 0.827. The van der Waals surface area contributed by atoms with Crippen LogP contribution in [-0.2, 0) is 18.8 Å². The monoisotopic (exact) mass is 192 g/mol. The molecule has 0 saturated carbocycles. The van der Waals surface area contributed by atoms with E-state index in [2.05, 4.69) is 27.3 Å². The first-order chi connectivity index (χ1) is 4.50. The van der Waals surface area contributed by atoms with Crippen LogP contribution in [0.4, 0.5) is 13.2 Å². The molecule has 0 saturated heterocycles. The molecule has 0 amide bonds. The number of halogens is 3. The minimum absolute atomic E-state index is 0. The SMILES string of the molecule is FC(F)(F)c1noc([S-])n1.[Na+]. The summed E-state index contributed by atoms with van der Waals surface area (Å²) in [6.45, 7) is 0. The molecule has 0 aliphatic carbocycles. The van der Waals surface area contributed by atoms with Gasteiger partial charge in [0.25, 0.3) is 5.82 Å². The van der Waals surface area contributed by atoms with E-state index in [1.54, 1.807) is 0 Å². The molecule has 1 rings (SSSR count). The van der Waals surface area contributed by atoms with E-state index < -0.39 is 17.2 Å². The molecule has 1 aromatic rings. The van der Waals surface area contributed by atoms with Crippen LogP contribution >= 0.6 is 0 Å². The molecule has 0 atom stereocenters. The topological polar surface area (TPSA) is 38.9 Å². The Kier molecular flexibility index (Phi) is 3.75. The second-order valence-electron chi connectivity index (χ2n) is 1.38. The molecule has 8 heteroatoms. The Morgan fingerprint density at radius 1 is 1.36 bits per heavy atom. The van der Waals surface area contributed by atoms with E-state index in [0.29, 0.717) is 0 Å². The number of rotatable bonds is 0. The van der Waals surface area contributed by atoms with Gasteiger partial charge in [-0.05, 0) is 0 Å². The summed E-state index contributed by atoms with van der Waals surface area (Å²) in [5.41, 5.74) is 0. The van der Waals surface area contributed by atoms with Crippen LogP contribution in [0.1, 0.15) is 5.82 Å². The van der Waals surface area contributed by atoms with Gasteiger partial charge in [-0.25, -0.2) is 4.98 Å². The third-order valence-electron chi connectivity index (χ3n) is 0.661. The van der Waals surface area contributed by atoms with Crippen LogP contribution < -0.4 is 29.6 Å². The van der Waals surface area contributed by atoms with Crippen LogP contribution in [-0.4, -0.2) is 10.1 Å². The van der Waals surface area contributed by atoms with Gasteiger partial charge in [-0.3, -0.25) is 0 Å². The van der Waals surface area contributed by atoms with Crippen molar-refractivity contribution in [2.24, 2.45) is 0 Å². The summed E-state index contributed by atoms with van der Waals surface area (Å²) in [4.78, 5) is 2.79. The summed E-state index contributed by atoms with van der Waals surface area (Å²) in [6, 6.07) is 0. The number of alkyl halides is 3. The summed E-state index contributed by atoms with van der Waals surface area (Å²) < 4.78 is 38.6. The quantitative estimate of drug-likeness (QED) is 0.352. The Balaban J connectivity index is 0.000001000. The largest absolute Gasteiger partial charge is 1.00 e. The summed E-state index contributed by atoms with van der Waals surface area (Å²) in [6.07, 6.45) is -4.57. The zero-order valence-electron chi connectivity index (χ0n) is 5.34. The fourth-order valence-corrected chi connectivity index (χ4v) is 0.448. The van der Waals surface area contributed by atoms with Crippen LogP contribution in [0.3, 0.4) is 0 Å². The van der Waals surface area contributed by atoms with Gasteiger partial charge in [0.2, 0.25) is 0 Å². The minimum atomic E-state index is -4.57. The molecule has 0 aliphatic heterocycles. The maximum absolute atomic E-state index is 11.6. The Labute approximate surface area is 87.0 Å². The molecule has 0 bridgehead atoms. The predicted molar refractivity (Wildman–Crippen MR) is 24.9 cm³/mol. The third kappa shape index (κ3) is 2.94. The van der Waals surface area contributed by atoms with Crippen molar-refractivity contribution in [3.05, 3.63) is 5.82 Å². The van der Waals surface area contributed by atoms with Gasteiger partial charge in [0.15, 0.2) is 0 Å². The molecular weight excluding hydrogens is 192 g/mol.